The molecule has 0 spiro atoms. The summed E-state index contributed by atoms with van der Waals surface area (Å²) in [5.41, 5.74) is 0. The molecule has 0 saturated carbocycles. The second-order valence-electron chi connectivity index (χ2n) is 30.6. The van der Waals surface area contributed by atoms with Crippen molar-refractivity contribution in [3.8, 4) is 0 Å². The molecule has 0 bridgehead atoms. The zero-order chi connectivity index (χ0) is 73.8. The Hall–Kier alpha value is -1.94. The van der Waals surface area contributed by atoms with Crippen LogP contribution in [0.25, 0.3) is 0 Å². The molecule has 0 aromatic heterocycles. The van der Waals surface area contributed by atoms with Crippen LogP contribution in [0.1, 0.15) is 415 Å². The first-order valence-corrected chi connectivity index (χ1v) is 44.8. The molecule has 19 heteroatoms. The monoisotopic (exact) mass is 1470 g/mol. The molecule has 0 amide bonds. The third-order valence-electron chi connectivity index (χ3n) is 19.5. The molecule has 7 atom stereocenters. The third kappa shape index (κ3) is 71.7. The van der Waals surface area contributed by atoms with Gasteiger partial charge in [-0.1, -0.05) is 364 Å². The van der Waals surface area contributed by atoms with Crippen LogP contribution in [-0.4, -0.2) is 96.7 Å². The Kier molecular flexibility index (Phi) is 68.7. The van der Waals surface area contributed by atoms with Crippen molar-refractivity contribution in [3.05, 3.63) is 0 Å². The van der Waals surface area contributed by atoms with Crippen molar-refractivity contribution in [1.82, 2.24) is 0 Å². The highest BCUT2D eigenvalue weighted by atomic mass is 31.2. The topological polar surface area (TPSA) is 237 Å². The maximum absolute atomic E-state index is 13.1. The third-order valence-corrected chi connectivity index (χ3v) is 21.4. The highest BCUT2D eigenvalue weighted by Gasteiger charge is 2.30. The van der Waals surface area contributed by atoms with Gasteiger partial charge in [-0.3, -0.25) is 37.3 Å². The standard InChI is InChI=1S/C81H158O17P2/c1-9-73(7)59-51-43-35-27-21-17-14-15-19-23-31-39-48-56-64-80(85)97-76(67-91-78(83)61-53-45-37-29-25-24-28-36-44-52-60-74(8)10-2)69-95-99(87,88)93-65-75(82)66-94-100(89,90)96-70-77(68-92-79(84)62-54-46-40-32-34-42-50-58-72(5)6)98-81(86)63-55-47-38-30-22-18-13-11-12-16-20-26-33-41-49-57-71(3)4/h71-77,82H,9-70H2,1-8H3,(H,87,88)(H,89,90)/t73?,74?,75?,76-,77-/m1/s1. The second kappa shape index (κ2) is 70.1. The summed E-state index contributed by atoms with van der Waals surface area (Å²) in [5, 5.41) is 10.6. The first kappa shape index (κ1) is 98.1. The summed E-state index contributed by atoms with van der Waals surface area (Å²) in [6.45, 7) is 14.3. The molecule has 17 nitrogen and oxygen atoms in total. The minimum Gasteiger partial charge on any atom is -0.462 e. The summed E-state index contributed by atoms with van der Waals surface area (Å²) >= 11 is 0. The molecule has 3 N–H and O–H groups in total. The lowest BCUT2D eigenvalue weighted by atomic mass is 9.99. The summed E-state index contributed by atoms with van der Waals surface area (Å²) in [6.07, 6.45) is 56.8. The van der Waals surface area contributed by atoms with Crippen molar-refractivity contribution >= 4 is 39.5 Å². The van der Waals surface area contributed by atoms with Crippen LogP contribution >= 0.6 is 15.6 Å². The van der Waals surface area contributed by atoms with Gasteiger partial charge in [0.05, 0.1) is 26.4 Å². The van der Waals surface area contributed by atoms with Gasteiger partial charge in [0.15, 0.2) is 12.2 Å². The quantitative estimate of drug-likeness (QED) is 0.0222. The number of phosphoric ester groups is 2. The fourth-order valence-corrected chi connectivity index (χ4v) is 13.9. The Bertz CT molecular complexity index is 1960. The van der Waals surface area contributed by atoms with Gasteiger partial charge >= 0.3 is 39.5 Å². The van der Waals surface area contributed by atoms with E-state index in [2.05, 4.69) is 55.4 Å². The molecule has 100 heavy (non-hydrogen) atoms. The van der Waals surface area contributed by atoms with E-state index in [-0.39, 0.29) is 25.7 Å². The van der Waals surface area contributed by atoms with Gasteiger partial charge in [-0.15, -0.1) is 0 Å². The lowest BCUT2D eigenvalue weighted by Gasteiger charge is -2.21. The van der Waals surface area contributed by atoms with Crippen LogP contribution in [0.3, 0.4) is 0 Å². The summed E-state index contributed by atoms with van der Waals surface area (Å²) < 4.78 is 68.7. The van der Waals surface area contributed by atoms with E-state index in [0.29, 0.717) is 31.6 Å². The normalized spacial score (nSPS) is 14.6. The minimum atomic E-state index is -4.96. The van der Waals surface area contributed by atoms with Crippen LogP contribution < -0.4 is 0 Å². The summed E-state index contributed by atoms with van der Waals surface area (Å²) in [5.74, 6) is 1.05. The van der Waals surface area contributed by atoms with Gasteiger partial charge in [-0.25, -0.2) is 9.13 Å². The molecule has 0 fully saturated rings. The zero-order valence-electron chi connectivity index (χ0n) is 65.8. The Labute approximate surface area is 613 Å². The van der Waals surface area contributed by atoms with Crippen LogP contribution in [0, 0.1) is 23.7 Å². The van der Waals surface area contributed by atoms with E-state index in [0.717, 1.165) is 114 Å². The molecule has 5 unspecified atom stereocenters. The van der Waals surface area contributed by atoms with Crippen molar-refractivity contribution in [2.45, 2.75) is 433 Å². The van der Waals surface area contributed by atoms with Gasteiger partial charge in [-0.05, 0) is 49.4 Å². The molecule has 594 valence electrons. The maximum Gasteiger partial charge on any atom is 0.472 e. The smallest absolute Gasteiger partial charge is 0.462 e. The molecule has 0 aliphatic rings. The van der Waals surface area contributed by atoms with E-state index in [1.54, 1.807) is 0 Å². The molecule has 0 aromatic carbocycles. The van der Waals surface area contributed by atoms with Crippen molar-refractivity contribution in [1.29, 1.82) is 0 Å². The number of phosphoric acid groups is 2. The minimum absolute atomic E-state index is 0.107. The number of unbranched alkanes of at least 4 members (excludes halogenated alkanes) is 42. The Balaban J connectivity index is 5.24. The number of carbonyl (C=O) groups excluding carboxylic acids is 4. The molecule has 0 aliphatic heterocycles. The van der Waals surface area contributed by atoms with Gasteiger partial charge in [0, 0.05) is 25.7 Å². The number of ether oxygens (including phenoxy) is 4. The highest BCUT2D eigenvalue weighted by Crippen LogP contribution is 2.45. The highest BCUT2D eigenvalue weighted by molar-refractivity contribution is 7.47. The number of esters is 4. The Morgan fingerprint density at radius 3 is 0.710 bits per heavy atom. The van der Waals surface area contributed by atoms with Crippen LogP contribution in [0.5, 0.6) is 0 Å². The number of hydrogen-bond acceptors (Lipinski definition) is 15. The van der Waals surface area contributed by atoms with Gasteiger partial charge < -0.3 is 33.8 Å². The lowest BCUT2D eigenvalue weighted by molar-refractivity contribution is -0.161. The summed E-state index contributed by atoms with van der Waals surface area (Å²) in [4.78, 5) is 73.0. The largest absolute Gasteiger partial charge is 0.472 e. The maximum atomic E-state index is 13.1. The van der Waals surface area contributed by atoms with Crippen molar-refractivity contribution in [3.63, 3.8) is 0 Å². The number of aliphatic hydroxyl groups excluding tert-OH is 1. The predicted octanol–water partition coefficient (Wildman–Crippen LogP) is 24.0. The van der Waals surface area contributed by atoms with E-state index in [1.807, 2.05) is 0 Å². The van der Waals surface area contributed by atoms with Crippen LogP contribution in [0.15, 0.2) is 0 Å². The predicted molar refractivity (Wildman–Crippen MR) is 409 cm³/mol. The van der Waals surface area contributed by atoms with Crippen LogP contribution in [0.4, 0.5) is 0 Å². The van der Waals surface area contributed by atoms with E-state index in [4.69, 9.17) is 37.0 Å². The fourth-order valence-electron chi connectivity index (χ4n) is 12.4. The average Bonchev–Trinajstić information content (AvgIpc) is 0.922. The van der Waals surface area contributed by atoms with E-state index in [9.17, 15) is 43.2 Å². The molecular weight excluding hydrogens is 1310 g/mol. The zero-order valence-corrected chi connectivity index (χ0v) is 67.6. The van der Waals surface area contributed by atoms with Gasteiger partial charge in [0.2, 0.25) is 0 Å². The number of rotatable bonds is 78. The molecular formula is C81H158O17P2. The average molecular weight is 1470 g/mol. The fraction of sp³-hybridized carbons (Fsp3) is 0.951. The molecule has 0 saturated heterocycles. The SMILES string of the molecule is CCC(C)CCCCCCCCCCCCCCCCC(=O)O[C@H](COC(=O)CCCCCCCCCCCCC(C)CC)COP(=O)(O)OCC(O)COP(=O)(O)OC[C@@H](COC(=O)CCCCCCCCCC(C)C)OC(=O)CCCCCCCCCCCCCCCCCC(C)C. The van der Waals surface area contributed by atoms with E-state index in [1.165, 1.54) is 212 Å². The van der Waals surface area contributed by atoms with E-state index < -0.39 is 97.5 Å². The number of hydrogen-bond donors (Lipinski definition) is 3. The van der Waals surface area contributed by atoms with Crippen molar-refractivity contribution < 1.29 is 80.2 Å². The summed E-state index contributed by atoms with van der Waals surface area (Å²) in [6, 6.07) is 0. The molecule has 0 aromatic rings. The van der Waals surface area contributed by atoms with Crippen LogP contribution in [0.2, 0.25) is 0 Å². The summed E-state index contributed by atoms with van der Waals surface area (Å²) in [7, 11) is -9.92. The van der Waals surface area contributed by atoms with Gasteiger partial charge in [-0.2, -0.15) is 0 Å². The van der Waals surface area contributed by atoms with E-state index >= 15 is 0 Å². The second-order valence-corrected chi connectivity index (χ2v) is 33.5. The van der Waals surface area contributed by atoms with Gasteiger partial charge in [0.25, 0.3) is 0 Å². The molecule has 0 radical (unpaired) electrons. The van der Waals surface area contributed by atoms with Crippen molar-refractivity contribution in [2.75, 3.05) is 39.6 Å². The molecule has 0 aliphatic carbocycles. The first-order valence-electron chi connectivity index (χ1n) is 41.8. The first-order chi connectivity index (χ1) is 48.2. The van der Waals surface area contributed by atoms with Crippen LogP contribution in [-0.2, 0) is 65.4 Å². The Morgan fingerprint density at radius 2 is 0.480 bits per heavy atom. The molecule has 0 heterocycles. The number of carbonyl (C=O) groups is 4. The Morgan fingerprint density at radius 1 is 0.280 bits per heavy atom. The number of aliphatic hydroxyl groups is 1. The lowest BCUT2D eigenvalue weighted by Crippen LogP contribution is -2.30. The van der Waals surface area contributed by atoms with Gasteiger partial charge in [0.1, 0.15) is 19.3 Å². The molecule has 0 rings (SSSR count). The van der Waals surface area contributed by atoms with Crippen molar-refractivity contribution in [2.24, 2.45) is 23.7 Å².